The summed E-state index contributed by atoms with van der Waals surface area (Å²) in [7, 11) is 0. The van der Waals surface area contributed by atoms with Gasteiger partial charge in [0.05, 0.1) is 18.8 Å². The molecule has 4 heteroatoms. The molecule has 0 radical (unpaired) electrons. The second kappa shape index (κ2) is 5.69. The van der Waals surface area contributed by atoms with Gasteiger partial charge in [-0.25, -0.2) is 0 Å². The highest BCUT2D eigenvalue weighted by Crippen LogP contribution is 2.32. The molecule has 1 aromatic carbocycles. The molecule has 18 heavy (non-hydrogen) atoms. The van der Waals surface area contributed by atoms with Gasteiger partial charge in [0.25, 0.3) is 0 Å². The summed E-state index contributed by atoms with van der Waals surface area (Å²) in [6, 6.07) is 8.08. The molecule has 1 aromatic rings. The molecule has 0 aliphatic carbocycles. The molecule has 0 saturated heterocycles. The van der Waals surface area contributed by atoms with Gasteiger partial charge in [-0.1, -0.05) is 18.2 Å². The number of hydrogen-bond acceptors (Lipinski definition) is 4. The first-order chi connectivity index (χ1) is 8.62. The third-order valence-electron chi connectivity index (χ3n) is 3.32. The smallest absolute Gasteiger partial charge is 0.122 e. The maximum atomic E-state index is 9.71. The Balaban J connectivity index is 1.92. The minimum absolute atomic E-state index is 0.232. The molecule has 4 nitrogen and oxygen atoms in total. The minimum atomic E-state index is -1.05. The highest BCUT2D eigenvalue weighted by Gasteiger charge is 2.23. The molecule has 1 heterocycles. The highest BCUT2D eigenvalue weighted by molar-refractivity contribution is 5.37. The normalized spacial score (nSPS) is 21.8. The van der Waals surface area contributed by atoms with Crippen LogP contribution in [0.3, 0.4) is 0 Å². The van der Waals surface area contributed by atoms with Crippen molar-refractivity contribution >= 4 is 0 Å². The third-order valence-corrected chi connectivity index (χ3v) is 3.32. The first-order valence-corrected chi connectivity index (χ1v) is 6.38. The van der Waals surface area contributed by atoms with Crippen molar-refractivity contribution in [3.05, 3.63) is 29.8 Å². The summed E-state index contributed by atoms with van der Waals surface area (Å²) in [5, 5.41) is 21.9. The number of aliphatic hydroxyl groups is 2. The van der Waals surface area contributed by atoms with Gasteiger partial charge in [-0.05, 0) is 25.0 Å². The molecule has 1 aliphatic heterocycles. The van der Waals surface area contributed by atoms with E-state index >= 15 is 0 Å². The Labute approximate surface area is 108 Å². The lowest BCUT2D eigenvalue weighted by molar-refractivity contribution is 0.00250. The van der Waals surface area contributed by atoms with E-state index in [0.717, 1.165) is 25.3 Å². The van der Waals surface area contributed by atoms with Gasteiger partial charge in [-0.3, -0.25) is 0 Å². The number of nitrogens with one attached hydrogen (secondary N) is 1. The fourth-order valence-electron chi connectivity index (χ4n) is 2.20. The number of rotatable bonds is 5. The first kappa shape index (κ1) is 13.3. The van der Waals surface area contributed by atoms with Gasteiger partial charge in [0.2, 0.25) is 0 Å². The van der Waals surface area contributed by atoms with Crippen LogP contribution in [0, 0.1) is 0 Å². The van der Waals surface area contributed by atoms with Gasteiger partial charge in [-0.2, -0.15) is 0 Å². The lowest BCUT2D eigenvalue weighted by Gasteiger charge is -2.28. The molecular formula is C14H21NO3. The van der Waals surface area contributed by atoms with Gasteiger partial charge in [-0.15, -0.1) is 0 Å². The molecule has 1 aliphatic rings. The van der Waals surface area contributed by atoms with Crippen LogP contribution in [0.1, 0.15) is 24.8 Å². The van der Waals surface area contributed by atoms with Crippen LogP contribution in [-0.2, 0) is 0 Å². The number of benzene rings is 1. The Kier molecular flexibility index (Phi) is 4.22. The van der Waals surface area contributed by atoms with Crippen molar-refractivity contribution in [1.29, 1.82) is 0 Å². The molecule has 0 spiro atoms. The molecule has 2 atom stereocenters. The summed E-state index contributed by atoms with van der Waals surface area (Å²) in [6.07, 6.45) is 0.977. The van der Waals surface area contributed by atoms with Crippen molar-refractivity contribution in [3.63, 3.8) is 0 Å². The van der Waals surface area contributed by atoms with E-state index in [4.69, 9.17) is 9.84 Å². The van der Waals surface area contributed by atoms with Crippen LogP contribution in [0.5, 0.6) is 5.75 Å². The van der Waals surface area contributed by atoms with Crippen molar-refractivity contribution < 1.29 is 14.9 Å². The summed E-state index contributed by atoms with van der Waals surface area (Å²) in [5.41, 5.74) is 0.171. The molecular weight excluding hydrogens is 230 g/mol. The number of aliphatic hydroxyl groups excluding tert-OH is 1. The van der Waals surface area contributed by atoms with Crippen LogP contribution in [0.4, 0.5) is 0 Å². The van der Waals surface area contributed by atoms with Gasteiger partial charge >= 0.3 is 0 Å². The average molecular weight is 251 g/mol. The Morgan fingerprint density at radius 1 is 1.44 bits per heavy atom. The van der Waals surface area contributed by atoms with Gasteiger partial charge in [0.1, 0.15) is 5.75 Å². The molecule has 2 unspecified atom stereocenters. The molecule has 0 aromatic heterocycles. The van der Waals surface area contributed by atoms with Gasteiger partial charge in [0.15, 0.2) is 0 Å². The van der Waals surface area contributed by atoms with E-state index in [0.29, 0.717) is 12.5 Å². The summed E-state index contributed by atoms with van der Waals surface area (Å²) < 4.78 is 5.60. The molecule has 3 N–H and O–H groups in total. The fourth-order valence-corrected chi connectivity index (χ4v) is 2.20. The van der Waals surface area contributed by atoms with Crippen LogP contribution in [0.2, 0.25) is 0 Å². The lowest BCUT2D eigenvalue weighted by Crippen LogP contribution is -2.42. The SMILES string of the molecule is CC(O)(CO)CNCC1CCOc2ccccc21. The molecule has 0 bridgehead atoms. The van der Waals surface area contributed by atoms with Crippen molar-refractivity contribution in [2.75, 3.05) is 26.3 Å². The average Bonchev–Trinajstić information content (AvgIpc) is 2.39. The zero-order chi connectivity index (χ0) is 13.0. The van der Waals surface area contributed by atoms with Gasteiger partial charge < -0.3 is 20.3 Å². The number of ether oxygens (including phenoxy) is 1. The quantitative estimate of drug-likeness (QED) is 0.727. The Bertz CT molecular complexity index is 392. The summed E-state index contributed by atoms with van der Waals surface area (Å²) in [5.74, 6) is 1.37. The van der Waals surface area contributed by atoms with Crippen molar-refractivity contribution in [1.82, 2.24) is 5.32 Å². The van der Waals surface area contributed by atoms with Crippen molar-refractivity contribution in [3.8, 4) is 5.75 Å². The molecule has 0 amide bonds. The molecule has 0 saturated carbocycles. The van der Waals surface area contributed by atoms with E-state index < -0.39 is 5.60 Å². The van der Waals surface area contributed by atoms with Crippen molar-refractivity contribution in [2.24, 2.45) is 0 Å². The second-order valence-electron chi connectivity index (χ2n) is 5.16. The zero-order valence-electron chi connectivity index (χ0n) is 10.7. The van der Waals surface area contributed by atoms with Crippen molar-refractivity contribution in [2.45, 2.75) is 24.9 Å². The Morgan fingerprint density at radius 3 is 3.00 bits per heavy atom. The summed E-state index contributed by atoms with van der Waals surface area (Å²) in [6.45, 7) is 3.31. The highest BCUT2D eigenvalue weighted by atomic mass is 16.5. The number of para-hydroxylation sites is 1. The van der Waals surface area contributed by atoms with Crippen LogP contribution < -0.4 is 10.1 Å². The fraction of sp³-hybridized carbons (Fsp3) is 0.571. The minimum Gasteiger partial charge on any atom is -0.493 e. The zero-order valence-corrected chi connectivity index (χ0v) is 10.7. The second-order valence-corrected chi connectivity index (χ2v) is 5.16. The summed E-state index contributed by atoms with van der Waals surface area (Å²) >= 11 is 0. The van der Waals surface area contributed by atoms with Crippen LogP contribution in [-0.4, -0.2) is 42.1 Å². The third kappa shape index (κ3) is 3.22. The standard InChI is InChI=1S/C14H21NO3/c1-14(17,10-16)9-15-8-11-6-7-18-13-5-3-2-4-12(11)13/h2-5,11,15-17H,6-10H2,1H3. The predicted molar refractivity (Wildman–Crippen MR) is 69.9 cm³/mol. The van der Waals surface area contributed by atoms with E-state index in [2.05, 4.69) is 11.4 Å². The Hall–Kier alpha value is -1.10. The van der Waals surface area contributed by atoms with Gasteiger partial charge in [0, 0.05) is 19.0 Å². The number of hydrogen-bond donors (Lipinski definition) is 3. The lowest BCUT2D eigenvalue weighted by atomic mass is 9.93. The molecule has 100 valence electrons. The molecule has 2 rings (SSSR count). The van der Waals surface area contributed by atoms with E-state index in [1.165, 1.54) is 5.56 Å². The van der Waals surface area contributed by atoms with E-state index in [1.54, 1.807) is 6.92 Å². The summed E-state index contributed by atoms with van der Waals surface area (Å²) in [4.78, 5) is 0. The van der Waals surface area contributed by atoms with E-state index in [1.807, 2.05) is 18.2 Å². The van der Waals surface area contributed by atoms with E-state index in [9.17, 15) is 5.11 Å². The predicted octanol–water partition coefficient (Wildman–Crippen LogP) is 0.886. The van der Waals surface area contributed by atoms with Crippen LogP contribution >= 0.6 is 0 Å². The topological polar surface area (TPSA) is 61.7 Å². The van der Waals surface area contributed by atoms with E-state index in [-0.39, 0.29) is 6.61 Å². The Morgan fingerprint density at radius 2 is 2.22 bits per heavy atom. The van der Waals surface area contributed by atoms with Crippen LogP contribution in [0.25, 0.3) is 0 Å². The maximum Gasteiger partial charge on any atom is 0.122 e. The monoisotopic (exact) mass is 251 g/mol. The number of fused-ring (bicyclic) bond motifs is 1. The first-order valence-electron chi connectivity index (χ1n) is 6.38. The van der Waals surface area contributed by atoms with Crippen LogP contribution in [0.15, 0.2) is 24.3 Å². The molecule has 0 fully saturated rings. The maximum absolute atomic E-state index is 9.71. The largest absolute Gasteiger partial charge is 0.493 e.